The minimum Gasteiger partial charge on any atom is -0.471 e. The lowest BCUT2D eigenvalue weighted by Crippen LogP contribution is -2.28. The molecule has 0 aromatic carbocycles. The number of halogens is 3. The van der Waals surface area contributed by atoms with Crippen molar-refractivity contribution in [3.05, 3.63) is 33.9 Å². The molecule has 3 heterocycles. The van der Waals surface area contributed by atoms with Crippen molar-refractivity contribution in [1.29, 1.82) is 5.26 Å². The molecule has 0 bridgehead atoms. The SMILES string of the molecule is CCS(=O)(=O)c1cc(OC(C)(C)C#N)c(C)nc1-c1nc2cc(C(F)(F)F)n(C3CC3)c(=O)c2n1C. The Kier molecular flexibility index (Phi) is 5.94. The fourth-order valence-electron chi connectivity index (χ4n) is 3.94. The number of sulfone groups is 1. The van der Waals surface area contributed by atoms with Crippen LogP contribution in [0.15, 0.2) is 21.8 Å². The van der Waals surface area contributed by atoms with Crippen LogP contribution in [0, 0.1) is 18.3 Å². The van der Waals surface area contributed by atoms with E-state index in [9.17, 15) is 31.6 Å². The predicted octanol–water partition coefficient (Wildman–Crippen LogP) is 3.93. The summed E-state index contributed by atoms with van der Waals surface area (Å²) in [5.74, 6) is -0.320. The van der Waals surface area contributed by atoms with Crippen LogP contribution in [0.5, 0.6) is 5.75 Å². The van der Waals surface area contributed by atoms with Crippen molar-refractivity contribution in [2.45, 2.75) is 63.3 Å². The molecule has 0 aliphatic heterocycles. The van der Waals surface area contributed by atoms with E-state index in [1.807, 2.05) is 6.07 Å². The van der Waals surface area contributed by atoms with E-state index in [-0.39, 0.29) is 44.6 Å². The third-order valence-corrected chi connectivity index (χ3v) is 7.71. The fourth-order valence-corrected chi connectivity index (χ4v) is 4.97. The van der Waals surface area contributed by atoms with Crippen LogP contribution in [0.25, 0.3) is 22.6 Å². The summed E-state index contributed by atoms with van der Waals surface area (Å²) in [6, 6.07) is 3.46. The zero-order valence-electron chi connectivity index (χ0n) is 20.3. The van der Waals surface area contributed by atoms with Crippen molar-refractivity contribution in [2.75, 3.05) is 5.75 Å². The van der Waals surface area contributed by atoms with Crippen LogP contribution in [0.3, 0.4) is 0 Å². The van der Waals surface area contributed by atoms with E-state index in [1.165, 1.54) is 38.5 Å². The minimum atomic E-state index is -4.77. The van der Waals surface area contributed by atoms with Gasteiger partial charge in [-0.05, 0) is 39.7 Å². The van der Waals surface area contributed by atoms with Gasteiger partial charge in [-0.1, -0.05) is 6.92 Å². The molecule has 3 aromatic heterocycles. The molecule has 0 unspecified atom stereocenters. The fraction of sp³-hybridized carbons (Fsp3) is 0.478. The normalized spacial score (nSPS) is 14.8. The highest BCUT2D eigenvalue weighted by Crippen LogP contribution is 2.40. The Morgan fingerprint density at radius 1 is 1.22 bits per heavy atom. The Bertz CT molecular complexity index is 1590. The van der Waals surface area contributed by atoms with E-state index in [2.05, 4.69) is 9.97 Å². The number of aromatic nitrogens is 4. The third-order valence-electron chi connectivity index (χ3n) is 5.97. The van der Waals surface area contributed by atoms with Crippen LogP contribution in [0.1, 0.15) is 51.0 Å². The number of hydrogen-bond acceptors (Lipinski definition) is 7. The van der Waals surface area contributed by atoms with E-state index in [0.29, 0.717) is 12.8 Å². The van der Waals surface area contributed by atoms with Gasteiger partial charge in [0, 0.05) is 19.2 Å². The molecule has 1 aliphatic carbocycles. The van der Waals surface area contributed by atoms with Gasteiger partial charge in [-0.15, -0.1) is 0 Å². The molecule has 1 fully saturated rings. The molecule has 0 radical (unpaired) electrons. The summed E-state index contributed by atoms with van der Waals surface area (Å²) in [7, 11) is -2.50. The van der Waals surface area contributed by atoms with Crippen molar-refractivity contribution >= 4 is 20.9 Å². The standard InChI is InChI=1S/C23H24F3N5O4S/c1-6-36(33,34)16-10-15(35-22(3,4)11-27)12(2)28-18(16)20-29-14-9-17(23(24,25)26)31(13-7-8-13)21(32)19(14)30(20)5/h9-10,13H,6-8H2,1-5H3. The number of imidazole rings is 1. The summed E-state index contributed by atoms with van der Waals surface area (Å²) >= 11 is 0. The van der Waals surface area contributed by atoms with Crippen molar-refractivity contribution in [3.8, 4) is 23.3 Å². The largest absolute Gasteiger partial charge is 0.471 e. The molecule has 0 amide bonds. The molecule has 36 heavy (non-hydrogen) atoms. The van der Waals surface area contributed by atoms with Crippen LogP contribution < -0.4 is 10.3 Å². The molecule has 4 rings (SSSR count). The molecule has 13 heteroatoms. The van der Waals surface area contributed by atoms with E-state index < -0.39 is 38.9 Å². The van der Waals surface area contributed by atoms with E-state index in [0.717, 1.165) is 10.6 Å². The zero-order valence-corrected chi connectivity index (χ0v) is 21.1. The molecule has 3 aromatic rings. The Labute approximate surface area is 205 Å². The second-order valence-electron chi connectivity index (χ2n) is 9.21. The van der Waals surface area contributed by atoms with Gasteiger partial charge in [0.1, 0.15) is 33.6 Å². The quantitative estimate of drug-likeness (QED) is 0.480. The van der Waals surface area contributed by atoms with Crippen LogP contribution >= 0.6 is 0 Å². The number of nitriles is 1. The number of pyridine rings is 2. The van der Waals surface area contributed by atoms with Gasteiger partial charge in [0.05, 0.1) is 17.0 Å². The Morgan fingerprint density at radius 2 is 1.86 bits per heavy atom. The van der Waals surface area contributed by atoms with E-state index >= 15 is 0 Å². The highest BCUT2D eigenvalue weighted by atomic mass is 32.2. The molecule has 0 spiro atoms. The smallest absolute Gasteiger partial charge is 0.431 e. The van der Waals surface area contributed by atoms with E-state index in [1.54, 1.807) is 6.92 Å². The minimum absolute atomic E-state index is 0.0616. The Balaban J connectivity index is 2.03. The number of rotatable bonds is 6. The van der Waals surface area contributed by atoms with Crippen LogP contribution in [-0.4, -0.2) is 38.9 Å². The molecular weight excluding hydrogens is 499 g/mol. The molecule has 1 aliphatic rings. The zero-order chi connectivity index (χ0) is 26.8. The van der Waals surface area contributed by atoms with Crippen molar-refractivity contribution < 1.29 is 26.3 Å². The maximum absolute atomic E-state index is 13.8. The first kappa shape index (κ1) is 25.7. The average Bonchev–Trinajstić information content (AvgIpc) is 3.56. The summed E-state index contributed by atoms with van der Waals surface area (Å²) in [6.07, 6.45) is -3.86. The van der Waals surface area contributed by atoms with Gasteiger partial charge >= 0.3 is 6.18 Å². The van der Waals surface area contributed by atoms with Gasteiger partial charge in [0.25, 0.3) is 5.56 Å². The lowest BCUT2D eigenvalue weighted by molar-refractivity contribution is -0.144. The topological polar surface area (TPSA) is 120 Å². The maximum atomic E-state index is 13.8. The summed E-state index contributed by atoms with van der Waals surface area (Å²) in [6.45, 7) is 5.97. The molecule has 0 atom stereocenters. The van der Waals surface area contributed by atoms with Crippen LogP contribution in [0.2, 0.25) is 0 Å². The molecular formula is C23H24F3N5O4S. The number of nitrogens with zero attached hydrogens (tertiary/aromatic N) is 5. The van der Waals surface area contributed by atoms with Gasteiger partial charge in [0.15, 0.2) is 21.3 Å². The van der Waals surface area contributed by atoms with Gasteiger partial charge in [-0.25, -0.2) is 18.4 Å². The van der Waals surface area contributed by atoms with Gasteiger partial charge in [0.2, 0.25) is 0 Å². The molecule has 192 valence electrons. The van der Waals surface area contributed by atoms with Crippen molar-refractivity contribution in [3.63, 3.8) is 0 Å². The van der Waals surface area contributed by atoms with Crippen molar-refractivity contribution in [2.24, 2.45) is 7.05 Å². The van der Waals surface area contributed by atoms with Crippen LogP contribution in [-0.2, 0) is 23.1 Å². The van der Waals surface area contributed by atoms with Crippen molar-refractivity contribution in [1.82, 2.24) is 19.1 Å². The summed E-state index contributed by atoms with van der Waals surface area (Å²) in [5, 5.41) is 9.30. The van der Waals surface area contributed by atoms with Gasteiger partial charge in [-0.2, -0.15) is 18.4 Å². The molecule has 9 nitrogen and oxygen atoms in total. The molecule has 0 N–H and O–H groups in total. The molecule has 0 saturated heterocycles. The third kappa shape index (κ3) is 4.34. The van der Waals surface area contributed by atoms with Gasteiger partial charge < -0.3 is 9.30 Å². The Morgan fingerprint density at radius 3 is 2.39 bits per heavy atom. The number of hydrogen-bond donors (Lipinski definition) is 0. The first-order valence-corrected chi connectivity index (χ1v) is 12.8. The van der Waals surface area contributed by atoms with Crippen LogP contribution in [0.4, 0.5) is 13.2 Å². The summed E-state index contributed by atoms with van der Waals surface area (Å²) < 4.78 is 75.1. The van der Waals surface area contributed by atoms with Gasteiger partial charge in [-0.3, -0.25) is 9.36 Å². The first-order valence-electron chi connectivity index (χ1n) is 11.2. The highest BCUT2D eigenvalue weighted by molar-refractivity contribution is 7.91. The second kappa shape index (κ2) is 8.33. The number of aryl methyl sites for hydroxylation is 2. The monoisotopic (exact) mass is 523 g/mol. The number of fused-ring (bicyclic) bond motifs is 1. The number of alkyl halides is 3. The summed E-state index contributed by atoms with van der Waals surface area (Å²) in [4.78, 5) is 21.6. The first-order chi connectivity index (χ1) is 16.6. The maximum Gasteiger partial charge on any atom is 0.431 e. The lowest BCUT2D eigenvalue weighted by Gasteiger charge is -2.21. The van der Waals surface area contributed by atoms with E-state index in [4.69, 9.17) is 4.74 Å². The average molecular weight is 524 g/mol. The Hall–Kier alpha value is -3.40. The summed E-state index contributed by atoms with van der Waals surface area (Å²) in [5.41, 5.74) is -3.41. The highest BCUT2D eigenvalue weighted by Gasteiger charge is 2.40. The molecule has 1 saturated carbocycles. The number of ether oxygens (including phenoxy) is 1. The lowest BCUT2D eigenvalue weighted by atomic mass is 10.1. The predicted molar refractivity (Wildman–Crippen MR) is 124 cm³/mol. The second-order valence-corrected chi connectivity index (χ2v) is 11.5.